The summed E-state index contributed by atoms with van der Waals surface area (Å²) < 4.78 is 5.44. The number of piperidine rings is 1. The van der Waals surface area contributed by atoms with E-state index in [4.69, 9.17) is 4.52 Å². The Labute approximate surface area is 159 Å². The SMILES string of the molecule is CN=C(NCc1cc(-c2ccccc2)no1)N1CCC(CC(=O)NC)CC1. The van der Waals surface area contributed by atoms with Gasteiger partial charge in [-0.15, -0.1) is 0 Å². The van der Waals surface area contributed by atoms with E-state index in [2.05, 4.69) is 25.7 Å². The molecule has 2 N–H and O–H groups in total. The van der Waals surface area contributed by atoms with Crippen LogP contribution in [-0.4, -0.2) is 49.1 Å². The van der Waals surface area contributed by atoms with Gasteiger partial charge in [-0.2, -0.15) is 0 Å². The molecule has 1 aliphatic heterocycles. The summed E-state index contributed by atoms with van der Waals surface area (Å²) in [6.45, 7) is 2.32. The largest absolute Gasteiger partial charge is 0.359 e. The summed E-state index contributed by atoms with van der Waals surface area (Å²) in [7, 11) is 3.48. The molecular formula is C20H27N5O2. The zero-order valence-electron chi connectivity index (χ0n) is 15.9. The maximum Gasteiger partial charge on any atom is 0.220 e. The Kier molecular flexibility index (Phi) is 6.46. The van der Waals surface area contributed by atoms with Crippen LogP contribution in [0.4, 0.5) is 0 Å². The van der Waals surface area contributed by atoms with Gasteiger partial charge in [0.15, 0.2) is 11.7 Å². The van der Waals surface area contributed by atoms with Crippen molar-refractivity contribution in [1.82, 2.24) is 20.7 Å². The van der Waals surface area contributed by atoms with Gasteiger partial charge in [-0.1, -0.05) is 35.5 Å². The van der Waals surface area contributed by atoms with Crippen LogP contribution in [-0.2, 0) is 11.3 Å². The topological polar surface area (TPSA) is 82.8 Å². The number of aromatic nitrogens is 1. The van der Waals surface area contributed by atoms with Gasteiger partial charge in [0, 0.05) is 45.2 Å². The number of nitrogens with one attached hydrogen (secondary N) is 2. The van der Waals surface area contributed by atoms with Crippen molar-refractivity contribution in [2.75, 3.05) is 27.2 Å². The Morgan fingerprint density at radius 1 is 1.30 bits per heavy atom. The summed E-state index contributed by atoms with van der Waals surface area (Å²) in [6, 6.07) is 11.9. The standard InChI is InChI=1S/C20H27N5O2/c1-21-19(26)12-15-8-10-25(11-9-15)20(22-2)23-14-17-13-18(24-27-17)16-6-4-3-5-7-16/h3-7,13,15H,8-12,14H2,1-2H3,(H,21,26)(H,22,23). The predicted octanol–water partition coefficient (Wildman–Crippen LogP) is 2.27. The fraction of sp³-hybridized carbons (Fsp3) is 0.450. The van der Waals surface area contributed by atoms with Crippen LogP contribution < -0.4 is 10.6 Å². The van der Waals surface area contributed by atoms with Gasteiger partial charge in [-0.25, -0.2) is 0 Å². The molecule has 2 heterocycles. The number of amides is 1. The lowest BCUT2D eigenvalue weighted by molar-refractivity contribution is -0.121. The van der Waals surface area contributed by atoms with Crippen LogP contribution in [0, 0.1) is 5.92 Å². The summed E-state index contributed by atoms with van der Waals surface area (Å²) >= 11 is 0. The molecule has 7 heteroatoms. The van der Waals surface area contributed by atoms with Gasteiger partial charge < -0.3 is 20.1 Å². The Morgan fingerprint density at radius 3 is 2.70 bits per heavy atom. The molecule has 3 rings (SSSR count). The maximum absolute atomic E-state index is 11.5. The lowest BCUT2D eigenvalue weighted by atomic mass is 9.93. The summed E-state index contributed by atoms with van der Waals surface area (Å²) in [5.41, 5.74) is 1.87. The van der Waals surface area contributed by atoms with Gasteiger partial charge in [-0.3, -0.25) is 9.79 Å². The third kappa shape index (κ3) is 5.09. The molecule has 1 aromatic carbocycles. The highest BCUT2D eigenvalue weighted by molar-refractivity contribution is 5.80. The summed E-state index contributed by atoms with van der Waals surface area (Å²) in [6.07, 6.45) is 2.60. The van der Waals surface area contributed by atoms with Crippen LogP contribution in [0.2, 0.25) is 0 Å². The number of guanidine groups is 1. The van der Waals surface area contributed by atoms with Gasteiger partial charge >= 0.3 is 0 Å². The second-order valence-electron chi connectivity index (χ2n) is 6.75. The Hall–Kier alpha value is -2.83. The quantitative estimate of drug-likeness (QED) is 0.624. The van der Waals surface area contributed by atoms with E-state index in [0.717, 1.165) is 48.9 Å². The summed E-state index contributed by atoms with van der Waals surface area (Å²) in [4.78, 5) is 18.2. The van der Waals surface area contributed by atoms with E-state index in [-0.39, 0.29) is 5.91 Å². The third-order valence-corrected chi connectivity index (χ3v) is 4.93. The van der Waals surface area contributed by atoms with Crippen molar-refractivity contribution >= 4 is 11.9 Å². The molecule has 0 radical (unpaired) electrons. The monoisotopic (exact) mass is 369 g/mol. The molecule has 0 saturated carbocycles. The van der Waals surface area contributed by atoms with E-state index >= 15 is 0 Å². The van der Waals surface area contributed by atoms with Crippen molar-refractivity contribution in [3.05, 3.63) is 42.2 Å². The number of hydrogen-bond acceptors (Lipinski definition) is 4. The highest BCUT2D eigenvalue weighted by atomic mass is 16.5. The molecule has 1 saturated heterocycles. The number of aliphatic imine (C=N–C) groups is 1. The highest BCUT2D eigenvalue weighted by Gasteiger charge is 2.23. The number of benzene rings is 1. The van der Waals surface area contributed by atoms with Gasteiger partial charge in [-0.05, 0) is 18.8 Å². The molecular weight excluding hydrogens is 342 g/mol. The average Bonchev–Trinajstić information content (AvgIpc) is 3.19. The van der Waals surface area contributed by atoms with E-state index in [0.29, 0.717) is 18.9 Å². The Bertz CT molecular complexity index is 764. The highest BCUT2D eigenvalue weighted by Crippen LogP contribution is 2.21. The fourth-order valence-corrected chi connectivity index (χ4v) is 3.35. The maximum atomic E-state index is 11.5. The molecule has 1 fully saturated rings. The van der Waals surface area contributed by atoms with E-state index in [1.165, 1.54) is 0 Å². The van der Waals surface area contributed by atoms with Crippen molar-refractivity contribution < 1.29 is 9.32 Å². The van der Waals surface area contributed by atoms with Crippen LogP contribution in [0.25, 0.3) is 11.3 Å². The molecule has 0 aliphatic carbocycles. The van der Waals surface area contributed by atoms with Crippen LogP contribution in [0.3, 0.4) is 0 Å². The van der Waals surface area contributed by atoms with Crippen LogP contribution in [0.5, 0.6) is 0 Å². The zero-order valence-corrected chi connectivity index (χ0v) is 15.9. The van der Waals surface area contributed by atoms with Crippen LogP contribution in [0.15, 0.2) is 45.9 Å². The number of carbonyl (C=O) groups excluding carboxylic acids is 1. The van der Waals surface area contributed by atoms with E-state index in [1.807, 2.05) is 36.4 Å². The van der Waals surface area contributed by atoms with E-state index in [1.54, 1.807) is 14.1 Å². The first-order chi connectivity index (χ1) is 13.2. The summed E-state index contributed by atoms with van der Waals surface area (Å²) in [5, 5.41) is 10.2. The minimum absolute atomic E-state index is 0.121. The molecule has 7 nitrogen and oxygen atoms in total. The van der Waals surface area contributed by atoms with Crippen molar-refractivity contribution in [2.24, 2.45) is 10.9 Å². The minimum Gasteiger partial charge on any atom is -0.359 e. The number of rotatable bonds is 5. The number of carbonyl (C=O) groups is 1. The van der Waals surface area contributed by atoms with Crippen molar-refractivity contribution in [1.29, 1.82) is 0 Å². The molecule has 1 aliphatic rings. The zero-order chi connectivity index (χ0) is 19.1. The lowest BCUT2D eigenvalue weighted by Gasteiger charge is -2.33. The fourth-order valence-electron chi connectivity index (χ4n) is 3.35. The number of hydrogen-bond donors (Lipinski definition) is 2. The van der Waals surface area contributed by atoms with Crippen LogP contribution >= 0.6 is 0 Å². The number of likely N-dealkylation sites (tertiary alicyclic amines) is 1. The van der Waals surface area contributed by atoms with E-state index < -0.39 is 0 Å². The molecule has 0 atom stereocenters. The second-order valence-corrected chi connectivity index (χ2v) is 6.75. The summed E-state index contributed by atoms with van der Waals surface area (Å²) in [5.74, 6) is 2.19. The molecule has 0 unspecified atom stereocenters. The molecule has 0 bridgehead atoms. The van der Waals surface area contributed by atoms with Crippen molar-refractivity contribution in [3.63, 3.8) is 0 Å². The average molecular weight is 369 g/mol. The van der Waals surface area contributed by atoms with Gasteiger partial charge in [0.05, 0.1) is 6.54 Å². The third-order valence-electron chi connectivity index (χ3n) is 4.93. The predicted molar refractivity (Wildman–Crippen MR) is 105 cm³/mol. The van der Waals surface area contributed by atoms with Gasteiger partial charge in [0.25, 0.3) is 0 Å². The second kappa shape index (κ2) is 9.21. The molecule has 1 aromatic heterocycles. The molecule has 144 valence electrons. The molecule has 2 aromatic rings. The molecule has 1 amide bonds. The normalized spacial score (nSPS) is 15.6. The minimum atomic E-state index is 0.121. The van der Waals surface area contributed by atoms with Gasteiger partial charge in [0.1, 0.15) is 5.69 Å². The van der Waals surface area contributed by atoms with Crippen molar-refractivity contribution in [3.8, 4) is 11.3 Å². The van der Waals surface area contributed by atoms with Gasteiger partial charge in [0.2, 0.25) is 5.91 Å². The first-order valence-corrected chi connectivity index (χ1v) is 9.36. The molecule has 27 heavy (non-hydrogen) atoms. The Balaban J connectivity index is 1.50. The van der Waals surface area contributed by atoms with Crippen molar-refractivity contribution in [2.45, 2.75) is 25.8 Å². The lowest BCUT2D eigenvalue weighted by Crippen LogP contribution is -2.45. The molecule has 0 spiro atoms. The first-order valence-electron chi connectivity index (χ1n) is 9.36. The Morgan fingerprint density at radius 2 is 2.04 bits per heavy atom. The smallest absolute Gasteiger partial charge is 0.220 e. The van der Waals surface area contributed by atoms with Crippen LogP contribution in [0.1, 0.15) is 25.0 Å². The number of nitrogens with zero attached hydrogens (tertiary/aromatic N) is 3. The first kappa shape index (κ1) is 18.9. The van der Waals surface area contributed by atoms with E-state index in [9.17, 15) is 4.79 Å².